The van der Waals surface area contributed by atoms with E-state index in [1.807, 2.05) is 0 Å². The molecule has 1 fully saturated rings. The van der Waals surface area contributed by atoms with Crippen molar-refractivity contribution in [2.24, 2.45) is 0 Å². The summed E-state index contributed by atoms with van der Waals surface area (Å²) in [6.45, 7) is 9.60. The number of nitrogens with one attached hydrogen (secondary N) is 1. The first kappa shape index (κ1) is 12.0. The van der Waals surface area contributed by atoms with Gasteiger partial charge in [-0.2, -0.15) is 0 Å². The molecule has 0 aromatic rings. The van der Waals surface area contributed by atoms with Crippen LogP contribution in [0.25, 0.3) is 0 Å². The first-order valence-corrected chi connectivity index (χ1v) is 6.32. The van der Waals surface area contributed by atoms with Crippen LogP contribution >= 0.6 is 0 Å². The zero-order chi connectivity index (χ0) is 10.2. The van der Waals surface area contributed by atoms with Gasteiger partial charge in [0.1, 0.15) is 0 Å². The molecule has 1 unspecified atom stereocenters. The largest absolute Gasteiger partial charge is 0.313 e. The lowest BCUT2D eigenvalue weighted by Crippen LogP contribution is -2.30. The highest BCUT2D eigenvalue weighted by Crippen LogP contribution is 2.06. The van der Waals surface area contributed by atoms with Crippen LogP contribution in [0.5, 0.6) is 0 Å². The van der Waals surface area contributed by atoms with E-state index >= 15 is 0 Å². The van der Waals surface area contributed by atoms with Crippen molar-refractivity contribution in [1.29, 1.82) is 0 Å². The maximum Gasteiger partial charge on any atom is 0.0107 e. The fourth-order valence-corrected chi connectivity index (χ4v) is 2.14. The average Bonchev–Trinajstić information content (AvgIpc) is 2.43. The maximum atomic E-state index is 3.61. The van der Waals surface area contributed by atoms with Crippen molar-refractivity contribution in [2.75, 3.05) is 26.2 Å². The first-order chi connectivity index (χ1) is 6.86. The molecule has 84 valence electrons. The number of hydrogen-bond acceptors (Lipinski definition) is 2. The van der Waals surface area contributed by atoms with Gasteiger partial charge in [-0.15, -0.1) is 0 Å². The van der Waals surface area contributed by atoms with Crippen molar-refractivity contribution in [1.82, 2.24) is 10.2 Å². The Balaban J connectivity index is 2.14. The molecule has 0 saturated carbocycles. The second kappa shape index (κ2) is 7.24. The molecule has 1 heterocycles. The van der Waals surface area contributed by atoms with Gasteiger partial charge in [-0.3, -0.25) is 0 Å². The summed E-state index contributed by atoms with van der Waals surface area (Å²) in [5.74, 6) is 0. The third-order valence-corrected chi connectivity index (χ3v) is 3.23. The summed E-state index contributed by atoms with van der Waals surface area (Å²) in [6, 6.07) is 0.770. The van der Waals surface area contributed by atoms with E-state index in [2.05, 4.69) is 24.1 Å². The summed E-state index contributed by atoms with van der Waals surface area (Å²) in [4.78, 5) is 2.62. The number of unbranched alkanes of at least 4 members (excludes halogenated alkanes) is 2. The molecule has 0 radical (unpaired) electrons. The van der Waals surface area contributed by atoms with E-state index in [0.717, 1.165) is 6.04 Å². The molecule has 0 bridgehead atoms. The highest BCUT2D eigenvalue weighted by atomic mass is 15.2. The summed E-state index contributed by atoms with van der Waals surface area (Å²) in [5, 5.41) is 3.61. The fraction of sp³-hybridized carbons (Fsp3) is 1.00. The average molecular weight is 198 g/mol. The summed E-state index contributed by atoms with van der Waals surface area (Å²) in [7, 11) is 0. The molecule has 1 rings (SSSR count). The normalized spacial score (nSPS) is 24.9. The molecular formula is C12H26N2. The summed E-state index contributed by atoms with van der Waals surface area (Å²) >= 11 is 0. The molecule has 0 spiro atoms. The van der Waals surface area contributed by atoms with E-state index < -0.39 is 0 Å². The Labute approximate surface area is 89.1 Å². The molecule has 2 nitrogen and oxygen atoms in total. The molecule has 2 heteroatoms. The van der Waals surface area contributed by atoms with Crippen LogP contribution in [0, 0.1) is 0 Å². The van der Waals surface area contributed by atoms with Crippen LogP contribution in [0.1, 0.15) is 46.0 Å². The van der Waals surface area contributed by atoms with Crippen LogP contribution in [0.15, 0.2) is 0 Å². The zero-order valence-corrected chi connectivity index (χ0v) is 9.89. The quantitative estimate of drug-likeness (QED) is 0.682. The molecule has 0 aromatic carbocycles. The van der Waals surface area contributed by atoms with Crippen LogP contribution in [-0.2, 0) is 0 Å². The summed E-state index contributed by atoms with van der Waals surface area (Å²) in [6.07, 6.45) is 6.73. The molecule has 0 aromatic heterocycles. The van der Waals surface area contributed by atoms with E-state index in [-0.39, 0.29) is 0 Å². The smallest absolute Gasteiger partial charge is 0.0107 e. The standard InChI is InChI=1S/C12H26N2/c1-3-5-6-9-14-10-7-12(4-2)13-8-11-14/h12-13H,3-11H2,1-2H3. The van der Waals surface area contributed by atoms with Gasteiger partial charge in [0.15, 0.2) is 0 Å². The summed E-state index contributed by atoms with van der Waals surface area (Å²) in [5.41, 5.74) is 0. The van der Waals surface area contributed by atoms with Crippen LogP contribution in [0.3, 0.4) is 0 Å². The molecule has 0 amide bonds. The monoisotopic (exact) mass is 198 g/mol. The number of rotatable bonds is 5. The lowest BCUT2D eigenvalue weighted by Gasteiger charge is -2.19. The van der Waals surface area contributed by atoms with E-state index in [1.54, 1.807) is 0 Å². The van der Waals surface area contributed by atoms with Crippen LogP contribution in [0.4, 0.5) is 0 Å². The Bertz CT molecular complexity index is 136. The molecule has 1 atom stereocenters. The van der Waals surface area contributed by atoms with E-state index in [4.69, 9.17) is 0 Å². The second-order valence-corrected chi connectivity index (χ2v) is 4.40. The predicted octanol–water partition coefficient (Wildman–Crippen LogP) is 2.25. The predicted molar refractivity (Wildman–Crippen MR) is 62.7 cm³/mol. The highest BCUT2D eigenvalue weighted by molar-refractivity contribution is 4.73. The van der Waals surface area contributed by atoms with Gasteiger partial charge in [0.05, 0.1) is 0 Å². The molecule has 1 aliphatic heterocycles. The zero-order valence-electron chi connectivity index (χ0n) is 9.89. The van der Waals surface area contributed by atoms with Gasteiger partial charge in [-0.1, -0.05) is 26.7 Å². The van der Waals surface area contributed by atoms with E-state index in [0.29, 0.717) is 0 Å². The van der Waals surface area contributed by atoms with Gasteiger partial charge in [0, 0.05) is 19.1 Å². The minimum absolute atomic E-state index is 0.770. The lowest BCUT2D eigenvalue weighted by atomic mass is 10.1. The van der Waals surface area contributed by atoms with Gasteiger partial charge in [-0.25, -0.2) is 0 Å². The van der Waals surface area contributed by atoms with Crippen molar-refractivity contribution < 1.29 is 0 Å². The molecule has 14 heavy (non-hydrogen) atoms. The van der Waals surface area contributed by atoms with Crippen LogP contribution in [0.2, 0.25) is 0 Å². The Hall–Kier alpha value is -0.0800. The van der Waals surface area contributed by atoms with E-state index in [9.17, 15) is 0 Å². The Morgan fingerprint density at radius 2 is 2.07 bits per heavy atom. The summed E-state index contributed by atoms with van der Waals surface area (Å²) < 4.78 is 0. The molecule has 0 aliphatic carbocycles. The first-order valence-electron chi connectivity index (χ1n) is 6.32. The van der Waals surface area contributed by atoms with Crippen molar-refractivity contribution in [2.45, 2.75) is 52.0 Å². The Kier molecular flexibility index (Phi) is 6.20. The minimum Gasteiger partial charge on any atom is -0.313 e. The van der Waals surface area contributed by atoms with Gasteiger partial charge >= 0.3 is 0 Å². The Morgan fingerprint density at radius 3 is 2.79 bits per heavy atom. The van der Waals surface area contributed by atoms with Crippen molar-refractivity contribution in [3.63, 3.8) is 0 Å². The number of hydrogen-bond donors (Lipinski definition) is 1. The second-order valence-electron chi connectivity index (χ2n) is 4.40. The molecular weight excluding hydrogens is 172 g/mol. The molecule has 1 aliphatic rings. The number of nitrogens with zero attached hydrogens (tertiary/aromatic N) is 1. The lowest BCUT2D eigenvalue weighted by molar-refractivity contribution is 0.283. The third kappa shape index (κ3) is 4.43. The van der Waals surface area contributed by atoms with Gasteiger partial charge < -0.3 is 10.2 Å². The topological polar surface area (TPSA) is 15.3 Å². The van der Waals surface area contributed by atoms with Gasteiger partial charge in [-0.05, 0) is 32.4 Å². The van der Waals surface area contributed by atoms with E-state index in [1.165, 1.54) is 58.3 Å². The molecule has 1 saturated heterocycles. The van der Waals surface area contributed by atoms with Crippen molar-refractivity contribution in [3.8, 4) is 0 Å². The third-order valence-electron chi connectivity index (χ3n) is 3.23. The highest BCUT2D eigenvalue weighted by Gasteiger charge is 2.13. The van der Waals surface area contributed by atoms with Crippen molar-refractivity contribution >= 4 is 0 Å². The maximum absolute atomic E-state index is 3.61. The Morgan fingerprint density at radius 1 is 1.21 bits per heavy atom. The van der Waals surface area contributed by atoms with Crippen molar-refractivity contribution in [3.05, 3.63) is 0 Å². The molecule has 1 N–H and O–H groups in total. The SMILES string of the molecule is CCCCCN1CCNC(CC)CC1. The van der Waals surface area contributed by atoms with Gasteiger partial charge in [0.2, 0.25) is 0 Å². The fourth-order valence-electron chi connectivity index (χ4n) is 2.14. The van der Waals surface area contributed by atoms with Gasteiger partial charge in [0.25, 0.3) is 0 Å². The van der Waals surface area contributed by atoms with Crippen LogP contribution < -0.4 is 5.32 Å². The minimum atomic E-state index is 0.770. The van der Waals surface area contributed by atoms with Crippen LogP contribution in [-0.4, -0.2) is 37.1 Å².